The van der Waals surface area contributed by atoms with E-state index in [1.807, 2.05) is 0 Å². The highest BCUT2D eigenvalue weighted by Crippen LogP contribution is 2.20. The van der Waals surface area contributed by atoms with E-state index in [0.29, 0.717) is 6.54 Å². The van der Waals surface area contributed by atoms with Crippen LogP contribution in [-0.2, 0) is 6.54 Å². The molecule has 2 heterocycles. The smallest absolute Gasteiger partial charge is 0.422 e. The van der Waals surface area contributed by atoms with Gasteiger partial charge in [0.1, 0.15) is 5.56 Å². The van der Waals surface area contributed by atoms with Gasteiger partial charge in [-0.2, -0.15) is 13.2 Å². The summed E-state index contributed by atoms with van der Waals surface area (Å²) < 4.78 is 43.1. The van der Waals surface area contributed by atoms with Crippen molar-refractivity contribution < 1.29 is 22.7 Å². The van der Waals surface area contributed by atoms with Crippen molar-refractivity contribution in [1.82, 2.24) is 19.9 Å². The van der Waals surface area contributed by atoms with Crippen LogP contribution in [0.1, 0.15) is 17.3 Å². The topological polar surface area (TPSA) is 69.0 Å². The summed E-state index contributed by atoms with van der Waals surface area (Å²) in [6.45, 7) is 0.740. The van der Waals surface area contributed by atoms with E-state index in [1.54, 1.807) is 30.2 Å². The Morgan fingerprint density at radius 3 is 2.87 bits per heavy atom. The first-order valence-electron chi connectivity index (χ1n) is 6.76. The number of carbonyl (C=O) groups is 1. The Balaban J connectivity index is 2.01. The number of imidazole rings is 1. The van der Waals surface area contributed by atoms with Crippen molar-refractivity contribution in [3.05, 3.63) is 42.6 Å². The number of ether oxygens (including phenoxy) is 1. The van der Waals surface area contributed by atoms with E-state index < -0.39 is 18.7 Å². The lowest BCUT2D eigenvalue weighted by Gasteiger charge is -2.16. The summed E-state index contributed by atoms with van der Waals surface area (Å²) in [4.78, 5) is 19.8. The van der Waals surface area contributed by atoms with Gasteiger partial charge in [0.15, 0.2) is 6.61 Å². The summed E-state index contributed by atoms with van der Waals surface area (Å²) >= 11 is 0. The second-order valence-electron chi connectivity index (χ2n) is 4.89. The molecule has 2 aromatic rings. The third-order valence-electron chi connectivity index (χ3n) is 2.81. The van der Waals surface area contributed by atoms with Crippen molar-refractivity contribution in [1.29, 1.82) is 0 Å². The van der Waals surface area contributed by atoms with Crippen LogP contribution in [0, 0.1) is 0 Å². The van der Waals surface area contributed by atoms with Crippen LogP contribution < -0.4 is 10.1 Å². The zero-order valence-corrected chi connectivity index (χ0v) is 12.2. The molecule has 0 aliphatic rings. The minimum Gasteiger partial charge on any atom is -0.467 e. The van der Waals surface area contributed by atoms with Gasteiger partial charge in [0.25, 0.3) is 5.91 Å². The third-order valence-corrected chi connectivity index (χ3v) is 2.81. The zero-order valence-electron chi connectivity index (χ0n) is 12.2. The number of pyridine rings is 1. The van der Waals surface area contributed by atoms with Gasteiger partial charge in [-0.15, -0.1) is 0 Å². The largest absolute Gasteiger partial charge is 0.467 e. The summed E-state index contributed by atoms with van der Waals surface area (Å²) in [6, 6.07) is 2.56. The maximum atomic E-state index is 12.2. The number of rotatable bonds is 6. The first-order chi connectivity index (χ1) is 10.8. The highest BCUT2D eigenvalue weighted by atomic mass is 19.4. The molecule has 0 saturated heterocycles. The maximum Gasteiger partial charge on any atom is 0.422 e. The quantitative estimate of drug-likeness (QED) is 0.881. The van der Waals surface area contributed by atoms with Gasteiger partial charge >= 0.3 is 6.18 Å². The molecule has 2 rings (SSSR count). The number of nitrogens with one attached hydrogen (secondary N) is 1. The average Bonchev–Trinajstić information content (AvgIpc) is 2.97. The van der Waals surface area contributed by atoms with Crippen LogP contribution in [0.25, 0.3) is 0 Å². The molecule has 0 saturated carbocycles. The minimum absolute atomic E-state index is 0.0470. The third kappa shape index (κ3) is 5.28. The monoisotopic (exact) mass is 328 g/mol. The predicted octanol–water partition coefficient (Wildman–Crippen LogP) is 2.04. The number of halogens is 3. The van der Waals surface area contributed by atoms with Crippen LogP contribution in [0.5, 0.6) is 5.88 Å². The molecule has 124 valence electrons. The van der Waals surface area contributed by atoms with Crippen LogP contribution in [0.4, 0.5) is 13.2 Å². The van der Waals surface area contributed by atoms with Gasteiger partial charge in [0, 0.05) is 31.2 Å². The molecule has 0 spiro atoms. The molecule has 1 amide bonds. The molecule has 0 fully saturated rings. The van der Waals surface area contributed by atoms with E-state index in [9.17, 15) is 18.0 Å². The van der Waals surface area contributed by atoms with E-state index in [1.165, 1.54) is 18.3 Å². The van der Waals surface area contributed by atoms with E-state index >= 15 is 0 Å². The highest BCUT2D eigenvalue weighted by molar-refractivity contribution is 5.96. The molecule has 1 atom stereocenters. The maximum absolute atomic E-state index is 12.2. The van der Waals surface area contributed by atoms with Crippen LogP contribution in [-0.4, -0.2) is 39.3 Å². The number of aromatic nitrogens is 3. The number of alkyl halides is 3. The number of amides is 1. The van der Waals surface area contributed by atoms with Crippen LogP contribution in [0.2, 0.25) is 0 Å². The Kier molecular flexibility index (Phi) is 5.20. The number of hydrogen-bond donors (Lipinski definition) is 1. The van der Waals surface area contributed by atoms with Gasteiger partial charge in [-0.1, -0.05) is 0 Å². The second-order valence-corrected chi connectivity index (χ2v) is 4.89. The van der Waals surface area contributed by atoms with E-state index in [4.69, 9.17) is 0 Å². The lowest BCUT2D eigenvalue weighted by Crippen LogP contribution is -2.36. The summed E-state index contributed by atoms with van der Waals surface area (Å²) in [7, 11) is 0. The molecule has 0 unspecified atom stereocenters. The molecule has 23 heavy (non-hydrogen) atoms. The fourth-order valence-electron chi connectivity index (χ4n) is 1.89. The summed E-state index contributed by atoms with van der Waals surface area (Å²) in [5, 5.41) is 2.68. The molecule has 0 bridgehead atoms. The van der Waals surface area contributed by atoms with Gasteiger partial charge in [0.05, 0.1) is 6.33 Å². The van der Waals surface area contributed by atoms with Crippen LogP contribution in [0.15, 0.2) is 37.1 Å². The SMILES string of the molecule is C[C@H](Cn1ccnc1)NC(=O)c1cccnc1OCC(F)(F)F. The minimum atomic E-state index is -4.50. The lowest BCUT2D eigenvalue weighted by molar-refractivity contribution is -0.154. The lowest BCUT2D eigenvalue weighted by atomic mass is 10.2. The van der Waals surface area contributed by atoms with Gasteiger partial charge in [0.2, 0.25) is 5.88 Å². The van der Waals surface area contributed by atoms with E-state index in [0.717, 1.165) is 0 Å². The Morgan fingerprint density at radius 2 is 2.22 bits per heavy atom. The first kappa shape index (κ1) is 16.8. The standard InChI is InChI=1S/C14H15F3N4O2/c1-10(7-21-6-5-18-9-21)20-12(22)11-3-2-4-19-13(11)23-8-14(15,16)17/h2-6,9-10H,7-8H2,1H3,(H,20,22)/t10-/m1/s1. The van der Waals surface area contributed by atoms with Crippen molar-refractivity contribution in [3.8, 4) is 5.88 Å². The molecule has 1 N–H and O–H groups in total. The Bertz CT molecular complexity index is 644. The summed E-state index contributed by atoms with van der Waals surface area (Å²) in [5.74, 6) is -0.903. The van der Waals surface area contributed by atoms with E-state index in [-0.39, 0.29) is 17.5 Å². The number of carbonyl (C=O) groups excluding carboxylic acids is 1. The van der Waals surface area contributed by atoms with Crippen molar-refractivity contribution in [3.63, 3.8) is 0 Å². The molecule has 2 aromatic heterocycles. The fraction of sp³-hybridized carbons (Fsp3) is 0.357. The molecule has 0 aliphatic carbocycles. The van der Waals surface area contributed by atoms with Crippen molar-refractivity contribution in [2.75, 3.05) is 6.61 Å². The van der Waals surface area contributed by atoms with Crippen molar-refractivity contribution >= 4 is 5.91 Å². The zero-order chi connectivity index (χ0) is 16.9. The second kappa shape index (κ2) is 7.12. The number of hydrogen-bond acceptors (Lipinski definition) is 4. The van der Waals surface area contributed by atoms with E-state index in [2.05, 4.69) is 20.0 Å². The Labute approximate surface area is 130 Å². The molecule has 0 aromatic carbocycles. The van der Waals surface area contributed by atoms with Gasteiger partial charge in [-0.3, -0.25) is 4.79 Å². The molecule has 9 heteroatoms. The van der Waals surface area contributed by atoms with Gasteiger partial charge in [-0.25, -0.2) is 9.97 Å². The fourth-order valence-corrected chi connectivity index (χ4v) is 1.89. The number of nitrogens with zero attached hydrogens (tertiary/aromatic N) is 3. The van der Waals surface area contributed by atoms with Crippen LogP contribution in [0.3, 0.4) is 0 Å². The average molecular weight is 328 g/mol. The molecule has 0 radical (unpaired) electrons. The molecule has 6 nitrogen and oxygen atoms in total. The van der Waals surface area contributed by atoms with Gasteiger partial charge < -0.3 is 14.6 Å². The Morgan fingerprint density at radius 1 is 1.43 bits per heavy atom. The van der Waals surface area contributed by atoms with Crippen molar-refractivity contribution in [2.24, 2.45) is 0 Å². The summed E-state index contributed by atoms with van der Waals surface area (Å²) in [6.07, 6.45) is 1.71. The predicted molar refractivity (Wildman–Crippen MR) is 74.9 cm³/mol. The van der Waals surface area contributed by atoms with Crippen molar-refractivity contribution in [2.45, 2.75) is 25.7 Å². The van der Waals surface area contributed by atoms with Crippen LogP contribution >= 0.6 is 0 Å². The molecule has 0 aliphatic heterocycles. The Hall–Kier alpha value is -2.58. The summed E-state index contributed by atoms with van der Waals surface area (Å²) in [5.41, 5.74) is -0.0470. The molecular weight excluding hydrogens is 313 g/mol. The highest BCUT2D eigenvalue weighted by Gasteiger charge is 2.29. The normalized spacial score (nSPS) is 12.7. The molecular formula is C14H15F3N4O2. The van der Waals surface area contributed by atoms with Gasteiger partial charge in [-0.05, 0) is 19.1 Å². The first-order valence-corrected chi connectivity index (χ1v) is 6.76.